The molecule has 0 N–H and O–H groups in total. The number of rotatable bonds is 5. The van der Waals surface area contributed by atoms with E-state index < -0.39 is 0 Å². The molecule has 0 unspecified atom stereocenters. The van der Waals surface area contributed by atoms with Crippen LogP contribution < -0.4 is 4.90 Å². The third kappa shape index (κ3) is 4.84. The molecule has 1 aromatic heterocycles. The Labute approximate surface area is 180 Å². The van der Waals surface area contributed by atoms with Crippen LogP contribution in [0.2, 0.25) is 0 Å². The monoisotopic (exact) mass is 424 g/mol. The zero-order chi connectivity index (χ0) is 21.1. The molecule has 1 aliphatic heterocycles. The van der Waals surface area contributed by atoms with Gasteiger partial charge in [-0.1, -0.05) is 42.0 Å². The van der Waals surface area contributed by atoms with Gasteiger partial charge in [-0.05, 0) is 37.1 Å². The van der Waals surface area contributed by atoms with Crippen molar-refractivity contribution in [3.05, 3.63) is 76.9 Å². The fourth-order valence-corrected chi connectivity index (χ4v) is 4.43. The van der Waals surface area contributed by atoms with Gasteiger partial charge in [-0.3, -0.25) is 4.79 Å². The van der Waals surface area contributed by atoms with Crippen LogP contribution in [0.15, 0.2) is 48.5 Å². The maximum absolute atomic E-state index is 13.1. The average Bonchev–Trinajstić information content (AvgIpc) is 3.20. The lowest BCUT2D eigenvalue weighted by Crippen LogP contribution is -2.54. The Hall–Kier alpha value is -2.80. The molecule has 0 aliphatic carbocycles. The third-order valence-electron chi connectivity index (χ3n) is 5.43. The number of halogens is 1. The summed E-state index contributed by atoms with van der Waals surface area (Å²) in [6.07, 6.45) is 1.02. The number of nitrogens with zero attached hydrogens (tertiary/aromatic N) is 4. The summed E-state index contributed by atoms with van der Waals surface area (Å²) >= 11 is 1.42. The fraction of sp³-hybridized carbons (Fsp3) is 0.348. The Morgan fingerprint density at radius 1 is 1.10 bits per heavy atom. The summed E-state index contributed by atoms with van der Waals surface area (Å²) in [7, 11) is 0. The fourth-order valence-electron chi connectivity index (χ4n) is 3.71. The van der Waals surface area contributed by atoms with Gasteiger partial charge in [0.05, 0.1) is 6.42 Å². The molecule has 0 spiro atoms. The minimum atomic E-state index is -0.285. The van der Waals surface area contributed by atoms with Gasteiger partial charge in [-0.15, -0.1) is 0 Å². The Bertz CT molecular complexity index is 1000. The molecular weight excluding hydrogens is 399 g/mol. The van der Waals surface area contributed by atoms with Gasteiger partial charge in [0.25, 0.3) is 0 Å². The first-order valence-corrected chi connectivity index (χ1v) is 10.9. The first-order chi connectivity index (χ1) is 14.5. The van der Waals surface area contributed by atoms with Gasteiger partial charge in [-0.25, -0.2) is 9.37 Å². The van der Waals surface area contributed by atoms with E-state index in [2.05, 4.69) is 47.4 Å². The van der Waals surface area contributed by atoms with E-state index in [0.717, 1.165) is 36.0 Å². The molecule has 1 fully saturated rings. The summed E-state index contributed by atoms with van der Waals surface area (Å²) in [5.74, 6) is 0.624. The van der Waals surface area contributed by atoms with Gasteiger partial charge < -0.3 is 9.80 Å². The second kappa shape index (κ2) is 8.92. The maximum Gasteiger partial charge on any atom is 0.227 e. The Morgan fingerprint density at radius 2 is 1.80 bits per heavy atom. The van der Waals surface area contributed by atoms with Gasteiger partial charge in [0.15, 0.2) is 0 Å². The van der Waals surface area contributed by atoms with Crippen molar-refractivity contribution in [1.82, 2.24) is 14.3 Å². The second-order valence-electron chi connectivity index (χ2n) is 7.84. The molecule has 1 aliphatic rings. The SMILES string of the molecule is Cc1ccc(Cc2nsc(N3CCN(C(=O)Cc4ccc(F)cc4)[C@H](C)C3)n2)cc1. The van der Waals surface area contributed by atoms with E-state index in [-0.39, 0.29) is 17.8 Å². The summed E-state index contributed by atoms with van der Waals surface area (Å²) in [4.78, 5) is 21.6. The standard InChI is InChI=1S/C23H25FN4OS/c1-16-3-5-18(6-4-16)13-21-25-23(30-26-21)27-11-12-28(17(2)15-27)22(29)14-19-7-9-20(24)10-8-19/h3-10,17H,11-15H2,1-2H3/t17-/m1/s1. The van der Waals surface area contributed by atoms with Crippen LogP contribution in [0.5, 0.6) is 0 Å². The summed E-state index contributed by atoms with van der Waals surface area (Å²) in [6, 6.07) is 14.7. The maximum atomic E-state index is 13.1. The van der Waals surface area contributed by atoms with Crippen LogP contribution >= 0.6 is 11.5 Å². The molecular formula is C23H25FN4OS. The molecule has 3 aromatic rings. The molecule has 4 rings (SSSR count). The quantitative estimate of drug-likeness (QED) is 0.624. The van der Waals surface area contributed by atoms with E-state index in [1.165, 1.54) is 34.8 Å². The largest absolute Gasteiger partial charge is 0.343 e. The van der Waals surface area contributed by atoms with Gasteiger partial charge in [-0.2, -0.15) is 4.37 Å². The van der Waals surface area contributed by atoms with Crippen LogP contribution in [0.4, 0.5) is 9.52 Å². The van der Waals surface area contributed by atoms with E-state index in [0.29, 0.717) is 13.0 Å². The Kier molecular flexibility index (Phi) is 6.08. The predicted molar refractivity (Wildman–Crippen MR) is 117 cm³/mol. The number of carbonyl (C=O) groups is 1. The number of piperazine rings is 1. The van der Waals surface area contributed by atoms with Gasteiger partial charge in [0, 0.05) is 43.6 Å². The molecule has 5 nitrogen and oxygen atoms in total. The van der Waals surface area contributed by atoms with Gasteiger partial charge in [0.1, 0.15) is 11.6 Å². The molecule has 1 amide bonds. The zero-order valence-corrected chi connectivity index (χ0v) is 18.0. The summed E-state index contributed by atoms with van der Waals surface area (Å²) < 4.78 is 17.6. The van der Waals surface area contributed by atoms with E-state index in [1.54, 1.807) is 12.1 Å². The van der Waals surface area contributed by atoms with Crippen LogP contribution in [0.3, 0.4) is 0 Å². The number of anilines is 1. The van der Waals surface area contributed by atoms with Crippen molar-refractivity contribution in [3.8, 4) is 0 Å². The number of benzene rings is 2. The lowest BCUT2D eigenvalue weighted by molar-refractivity contribution is -0.132. The number of aryl methyl sites for hydroxylation is 1. The molecule has 156 valence electrons. The zero-order valence-electron chi connectivity index (χ0n) is 17.2. The highest BCUT2D eigenvalue weighted by atomic mass is 32.1. The predicted octanol–water partition coefficient (Wildman–Crippen LogP) is 3.86. The number of aromatic nitrogens is 2. The lowest BCUT2D eigenvalue weighted by Gasteiger charge is -2.39. The number of hydrogen-bond acceptors (Lipinski definition) is 5. The van der Waals surface area contributed by atoms with Gasteiger partial charge >= 0.3 is 0 Å². The van der Waals surface area contributed by atoms with Crippen LogP contribution in [0, 0.1) is 12.7 Å². The summed E-state index contributed by atoms with van der Waals surface area (Å²) in [6.45, 7) is 6.25. The Balaban J connectivity index is 1.35. The minimum absolute atomic E-state index is 0.0751. The van der Waals surface area contributed by atoms with Crippen LogP contribution in [0.1, 0.15) is 29.4 Å². The second-order valence-corrected chi connectivity index (χ2v) is 8.57. The van der Waals surface area contributed by atoms with Crippen molar-refractivity contribution >= 4 is 22.6 Å². The van der Waals surface area contributed by atoms with E-state index >= 15 is 0 Å². The highest BCUT2D eigenvalue weighted by Gasteiger charge is 2.29. The first-order valence-electron chi connectivity index (χ1n) is 10.1. The number of carbonyl (C=O) groups excluding carboxylic acids is 1. The first kappa shape index (κ1) is 20.5. The van der Waals surface area contributed by atoms with Gasteiger partial charge in [0.2, 0.25) is 11.0 Å². The van der Waals surface area contributed by atoms with Crippen LogP contribution in [-0.4, -0.2) is 45.8 Å². The molecule has 2 aromatic carbocycles. The van der Waals surface area contributed by atoms with Crippen molar-refractivity contribution in [1.29, 1.82) is 0 Å². The van der Waals surface area contributed by atoms with Crippen molar-refractivity contribution in [2.45, 2.75) is 32.7 Å². The lowest BCUT2D eigenvalue weighted by atomic mass is 10.1. The third-order valence-corrected chi connectivity index (χ3v) is 6.24. The van der Waals surface area contributed by atoms with Crippen molar-refractivity contribution in [2.24, 2.45) is 0 Å². The molecule has 2 heterocycles. The van der Waals surface area contributed by atoms with Crippen LogP contribution in [0.25, 0.3) is 0 Å². The summed E-state index contributed by atoms with van der Waals surface area (Å²) in [5.41, 5.74) is 3.28. The van der Waals surface area contributed by atoms with E-state index in [4.69, 9.17) is 4.98 Å². The molecule has 0 saturated carbocycles. The van der Waals surface area contributed by atoms with E-state index in [9.17, 15) is 9.18 Å². The van der Waals surface area contributed by atoms with Crippen molar-refractivity contribution in [3.63, 3.8) is 0 Å². The van der Waals surface area contributed by atoms with Crippen LogP contribution in [-0.2, 0) is 17.6 Å². The molecule has 1 saturated heterocycles. The van der Waals surface area contributed by atoms with Crippen molar-refractivity contribution in [2.75, 3.05) is 24.5 Å². The number of hydrogen-bond donors (Lipinski definition) is 0. The Morgan fingerprint density at radius 3 is 2.50 bits per heavy atom. The highest BCUT2D eigenvalue weighted by Crippen LogP contribution is 2.23. The highest BCUT2D eigenvalue weighted by molar-refractivity contribution is 7.09. The molecule has 0 radical (unpaired) electrons. The molecule has 1 atom stereocenters. The summed E-state index contributed by atoms with van der Waals surface area (Å²) in [5, 5.41) is 0.912. The molecule has 30 heavy (non-hydrogen) atoms. The average molecular weight is 425 g/mol. The van der Waals surface area contributed by atoms with E-state index in [1.807, 2.05) is 4.90 Å². The number of amides is 1. The normalized spacial score (nSPS) is 16.7. The topological polar surface area (TPSA) is 49.3 Å². The molecule has 7 heteroatoms. The molecule has 0 bridgehead atoms. The van der Waals surface area contributed by atoms with Crippen molar-refractivity contribution < 1.29 is 9.18 Å². The smallest absolute Gasteiger partial charge is 0.227 e. The minimum Gasteiger partial charge on any atom is -0.343 e.